The van der Waals surface area contributed by atoms with Crippen LogP contribution in [0.15, 0.2) is 42.5 Å². The van der Waals surface area contributed by atoms with Gasteiger partial charge in [0.25, 0.3) is 0 Å². The number of amides is 2. The van der Waals surface area contributed by atoms with Crippen LogP contribution < -0.4 is 10.6 Å². The van der Waals surface area contributed by atoms with E-state index in [-0.39, 0.29) is 18.4 Å². The summed E-state index contributed by atoms with van der Waals surface area (Å²) in [5.41, 5.74) is 0.849. The minimum Gasteiger partial charge on any atom is -0.322 e. The molecule has 106 valence electrons. The van der Waals surface area contributed by atoms with E-state index in [2.05, 4.69) is 22.8 Å². The van der Waals surface area contributed by atoms with Gasteiger partial charge in [-0.25, -0.2) is 4.79 Å². The van der Waals surface area contributed by atoms with Gasteiger partial charge in [-0.2, -0.15) is 0 Å². The van der Waals surface area contributed by atoms with Gasteiger partial charge in [0.1, 0.15) is 0 Å². The third kappa shape index (κ3) is 3.21. The van der Waals surface area contributed by atoms with Gasteiger partial charge in [-0.1, -0.05) is 30.3 Å². The van der Waals surface area contributed by atoms with Crippen molar-refractivity contribution in [1.29, 1.82) is 0 Å². The first kappa shape index (κ1) is 14.6. The highest BCUT2D eigenvalue weighted by atomic mass is 35.5. The number of urea groups is 1. The second kappa shape index (κ2) is 6.59. The van der Waals surface area contributed by atoms with Gasteiger partial charge in [0, 0.05) is 31.9 Å². The molecule has 0 radical (unpaired) electrons. The average Bonchev–Trinajstić information content (AvgIpc) is 2.48. The van der Waals surface area contributed by atoms with Crippen LogP contribution >= 0.6 is 12.4 Å². The lowest BCUT2D eigenvalue weighted by Gasteiger charge is -2.27. The predicted octanol–water partition coefficient (Wildman–Crippen LogP) is 2.70. The summed E-state index contributed by atoms with van der Waals surface area (Å²) < 4.78 is 0. The summed E-state index contributed by atoms with van der Waals surface area (Å²) in [6, 6.07) is 14.1. The number of fused-ring (bicyclic) bond motifs is 1. The highest BCUT2D eigenvalue weighted by molar-refractivity contribution is 5.93. The third-order valence-corrected chi connectivity index (χ3v) is 3.40. The lowest BCUT2D eigenvalue weighted by atomic mass is 10.1. The molecule has 1 heterocycles. The molecule has 1 aliphatic rings. The van der Waals surface area contributed by atoms with Crippen LogP contribution in [0.5, 0.6) is 0 Å². The standard InChI is InChI=1S/C15H17N3O.ClH/c19-15(18-9-7-16-8-10-18)17-14-6-5-12-3-1-2-4-13(12)11-14;/h1-6,11,16H,7-10H2,(H,17,19);1H. The van der Waals surface area contributed by atoms with Crippen molar-refractivity contribution >= 4 is 34.9 Å². The summed E-state index contributed by atoms with van der Waals surface area (Å²) in [6.07, 6.45) is 0. The zero-order valence-corrected chi connectivity index (χ0v) is 12.0. The molecule has 2 amide bonds. The lowest BCUT2D eigenvalue weighted by Crippen LogP contribution is -2.48. The number of piperazine rings is 1. The van der Waals surface area contributed by atoms with Crippen molar-refractivity contribution in [3.63, 3.8) is 0 Å². The highest BCUT2D eigenvalue weighted by Crippen LogP contribution is 2.19. The average molecular weight is 292 g/mol. The molecule has 0 aliphatic carbocycles. The van der Waals surface area contributed by atoms with Gasteiger partial charge in [0.15, 0.2) is 0 Å². The quantitative estimate of drug-likeness (QED) is 0.848. The van der Waals surface area contributed by atoms with Gasteiger partial charge in [0.2, 0.25) is 0 Å². The zero-order chi connectivity index (χ0) is 13.1. The first-order valence-corrected chi connectivity index (χ1v) is 6.58. The van der Waals surface area contributed by atoms with Crippen LogP contribution in [0.25, 0.3) is 10.8 Å². The minimum absolute atomic E-state index is 0. The van der Waals surface area contributed by atoms with Gasteiger partial charge < -0.3 is 15.5 Å². The maximum atomic E-state index is 12.1. The summed E-state index contributed by atoms with van der Waals surface area (Å²) in [6.45, 7) is 3.26. The molecule has 0 atom stereocenters. The topological polar surface area (TPSA) is 44.4 Å². The molecule has 3 rings (SSSR count). The number of benzene rings is 2. The number of hydrogen-bond acceptors (Lipinski definition) is 2. The van der Waals surface area contributed by atoms with E-state index in [4.69, 9.17) is 0 Å². The molecule has 0 unspecified atom stereocenters. The predicted molar refractivity (Wildman–Crippen MR) is 84.7 cm³/mol. The largest absolute Gasteiger partial charge is 0.322 e. The van der Waals surface area contributed by atoms with Crippen LogP contribution in [-0.2, 0) is 0 Å². The van der Waals surface area contributed by atoms with Crippen LogP contribution in [0.1, 0.15) is 0 Å². The minimum atomic E-state index is -0.0169. The molecule has 2 N–H and O–H groups in total. The Balaban J connectivity index is 0.00000147. The molecule has 4 nitrogen and oxygen atoms in total. The Hall–Kier alpha value is -1.78. The summed E-state index contributed by atoms with van der Waals surface area (Å²) in [5.74, 6) is 0. The Morgan fingerprint density at radius 1 is 1.05 bits per heavy atom. The van der Waals surface area contributed by atoms with Gasteiger partial charge in [0.05, 0.1) is 0 Å². The first-order valence-electron chi connectivity index (χ1n) is 6.58. The van der Waals surface area contributed by atoms with E-state index in [0.717, 1.165) is 37.3 Å². The molecular weight excluding hydrogens is 274 g/mol. The summed E-state index contributed by atoms with van der Waals surface area (Å²) in [4.78, 5) is 13.9. The van der Waals surface area contributed by atoms with Crippen molar-refractivity contribution in [3.8, 4) is 0 Å². The van der Waals surface area contributed by atoms with Gasteiger partial charge in [-0.3, -0.25) is 0 Å². The molecule has 0 spiro atoms. The summed E-state index contributed by atoms with van der Waals surface area (Å²) in [5, 5.41) is 8.52. The van der Waals surface area contributed by atoms with Crippen molar-refractivity contribution < 1.29 is 4.79 Å². The number of nitrogens with zero attached hydrogens (tertiary/aromatic N) is 1. The Morgan fingerprint density at radius 2 is 1.75 bits per heavy atom. The van der Waals surface area contributed by atoms with E-state index in [1.807, 2.05) is 35.2 Å². The Morgan fingerprint density at radius 3 is 2.50 bits per heavy atom. The van der Waals surface area contributed by atoms with Crippen molar-refractivity contribution in [2.24, 2.45) is 0 Å². The molecule has 1 fully saturated rings. The van der Waals surface area contributed by atoms with E-state index in [0.29, 0.717) is 0 Å². The smallest absolute Gasteiger partial charge is 0.321 e. The van der Waals surface area contributed by atoms with Crippen LogP contribution in [0.4, 0.5) is 10.5 Å². The van der Waals surface area contributed by atoms with Crippen LogP contribution in [-0.4, -0.2) is 37.1 Å². The fraction of sp³-hybridized carbons (Fsp3) is 0.267. The number of hydrogen-bond donors (Lipinski definition) is 2. The second-order valence-corrected chi connectivity index (χ2v) is 4.73. The fourth-order valence-electron chi connectivity index (χ4n) is 2.34. The number of carbonyl (C=O) groups is 1. The van der Waals surface area contributed by atoms with Crippen molar-refractivity contribution in [1.82, 2.24) is 10.2 Å². The first-order chi connectivity index (χ1) is 9.33. The fourth-order valence-corrected chi connectivity index (χ4v) is 2.34. The molecule has 20 heavy (non-hydrogen) atoms. The van der Waals surface area contributed by atoms with E-state index in [1.54, 1.807) is 0 Å². The molecule has 1 aliphatic heterocycles. The Labute approximate surface area is 124 Å². The summed E-state index contributed by atoms with van der Waals surface area (Å²) >= 11 is 0. The van der Waals surface area contributed by atoms with Gasteiger partial charge in [-0.05, 0) is 22.9 Å². The van der Waals surface area contributed by atoms with Crippen molar-refractivity contribution in [3.05, 3.63) is 42.5 Å². The zero-order valence-electron chi connectivity index (χ0n) is 11.1. The molecule has 0 saturated carbocycles. The van der Waals surface area contributed by atoms with Crippen LogP contribution in [0.3, 0.4) is 0 Å². The molecular formula is C15H18ClN3O. The molecule has 2 aromatic carbocycles. The molecule has 1 saturated heterocycles. The number of halogens is 1. The van der Waals surface area contributed by atoms with Gasteiger partial charge in [-0.15, -0.1) is 12.4 Å². The molecule has 5 heteroatoms. The monoisotopic (exact) mass is 291 g/mol. The van der Waals surface area contributed by atoms with Crippen molar-refractivity contribution in [2.75, 3.05) is 31.5 Å². The molecule has 2 aromatic rings. The summed E-state index contributed by atoms with van der Waals surface area (Å²) in [7, 11) is 0. The van der Waals surface area contributed by atoms with Crippen LogP contribution in [0, 0.1) is 0 Å². The third-order valence-electron chi connectivity index (χ3n) is 3.40. The van der Waals surface area contributed by atoms with E-state index < -0.39 is 0 Å². The van der Waals surface area contributed by atoms with E-state index in [1.165, 1.54) is 5.39 Å². The molecule has 0 aromatic heterocycles. The van der Waals surface area contributed by atoms with Crippen LogP contribution in [0.2, 0.25) is 0 Å². The normalized spacial score (nSPS) is 14.7. The second-order valence-electron chi connectivity index (χ2n) is 4.73. The maximum absolute atomic E-state index is 12.1. The van der Waals surface area contributed by atoms with E-state index >= 15 is 0 Å². The number of anilines is 1. The Kier molecular flexibility index (Phi) is 4.82. The van der Waals surface area contributed by atoms with E-state index in [9.17, 15) is 4.79 Å². The number of rotatable bonds is 1. The number of carbonyl (C=O) groups excluding carboxylic acids is 1. The van der Waals surface area contributed by atoms with Crippen molar-refractivity contribution in [2.45, 2.75) is 0 Å². The lowest BCUT2D eigenvalue weighted by molar-refractivity contribution is 0.204. The van der Waals surface area contributed by atoms with Gasteiger partial charge >= 0.3 is 6.03 Å². The SMILES string of the molecule is Cl.O=C(Nc1ccc2ccccc2c1)N1CCNCC1. The highest BCUT2D eigenvalue weighted by Gasteiger charge is 2.15. The molecule has 0 bridgehead atoms. The maximum Gasteiger partial charge on any atom is 0.321 e. The Bertz CT molecular complexity index is 596. The number of nitrogens with one attached hydrogen (secondary N) is 2.